The number of hydrogen-bond donors (Lipinski definition) is 2. The zero-order chi connectivity index (χ0) is 10.7. The molecule has 0 aromatic heterocycles. The molecule has 0 aromatic rings. The van der Waals surface area contributed by atoms with Crippen molar-refractivity contribution >= 4 is 11.8 Å². The third kappa shape index (κ3) is 2.23. The lowest BCUT2D eigenvalue weighted by Gasteiger charge is -2.27. The lowest BCUT2D eigenvalue weighted by molar-refractivity contribution is -0.132. The monoisotopic (exact) mass is 199 g/mol. The highest BCUT2D eigenvalue weighted by Gasteiger charge is 2.34. The molecular formula is C9H17N3O2. The average Bonchev–Trinajstić information content (AvgIpc) is 2.46. The molecule has 0 saturated carbocycles. The summed E-state index contributed by atoms with van der Waals surface area (Å²) < 4.78 is 0. The van der Waals surface area contributed by atoms with E-state index in [2.05, 4.69) is 0 Å². The van der Waals surface area contributed by atoms with Gasteiger partial charge in [0.25, 0.3) is 0 Å². The Morgan fingerprint density at radius 3 is 2.36 bits per heavy atom. The Hall–Kier alpha value is -1.10. The highest BCUT2D eigenvalue weighted by Crippen LogP contribution is 2.25. The number of nitrogens with two attached hydrogens (primary N) is 2. The van der Waals surface area contributed by atoms with Gasteiger partial charge in [-0.25, -0.2) is 0 Å². The summed E-state index contributed by atoms with van der Waals surface area (Å²) in [6.07, 6.45) is 1.94. The van der Waals surface area contributed by atoms with Crippen molar-refractivity contribution in [2.45, 2.75) is 38.3 Å². The summed E-state index contributed by atoms with van der Waals surface area (Å²) >= 11 is 0. The SMILES string of the molecule is CC(=O)N1[C@H](CN)CC[C@@H]1CC(N)=O. The third-order valence-electron chi connectivity index (χ3n) is 2.69. The van der Waals surface area contributed by atoms with Crippen LogP contribution < -0.4 is 11.5 Å². The minimum absolute atomic E-state index is 0.0239. The quantitative estimate of drug-likeness (QED) is 0.623. The van der Waals surface area contributed by atoms with Gasteiger partial charge in [0.05, 0.1) is 0 Å². The number of rotatable bonds is 3. The first kappa shape index (κ1) is 11.0. The van der Waals surface area contributed by atoms with E-state index in [4.69, 9.17) is 11.5 Å². The van der Waals surface area contributed by atoms with Crippen molar-refractivity contribution in [3.05, 3.63) is 0 Å². The van der Waals surface area contributed by atoms with E-state index in [0.29, 0.717) is 6.54 Å². The van der Waals surface area contributed by atoms with Gasteiger partial charge in [0, 0.05) is 32.0 Å². The molecule has 1 aliphatic rings. The Morgan fingerprint density at radius 2 is 1.93 bits per heavy atom. The molecule has 2 atom stereocenters. The number of nitrogens with zero attached hydrogens (tertiary/aromatic N) is 1. The van der Waals surface area contributed by atoms with Crippen LogP contribution in [0.4, 0.5) is 0 Å². The van der Waals surface area contributed by atoms with Crippen LogP contribution in [0.5, 0.6) is 0 Å². The molecule has 1 saturated heterocycles. The van der Waals surface area contributed by atoms with Gasteiger partial charge in [-0.15, -0.1) is 0 Å². The molecular weight excluding hydrogens is 182 g/mol. The molecule has 2 amide bonds. The molecule has 1 aliphatic heterocycles. The number of likely N-dealkylation sites (tertiary alicyclic amines) is 1. The highest BCUT2D eigenvalue weighted by atomic mass is 16.2. The van der Waals surface area contributed by atoms with Crippen LogP contribution in [-0.4, -0.2) is 35.3 Å². The topological polar surface area (TPSA) is 89.4 Å². The lowest BCUT2D eigenvalue weighted by atomic mass is 10.1. The molecule has 0 radical (unpaired) electrons. The minimum atomic E-state index is -0.362. The molecule has 0 spiro atoms. The van der Waals surface area contributed by atoms with Crippen LogP contribution in [0.2, 0.25) is 0 Å². The van der Waals surface area contributed by atoms with E-state index in [-0.39, 0.29) is 30.3 Å². The maximum Gasteiger partial charge on any atom is 0.220 e. The van der Waals surface area contributed by atoms with Gasteiger partial charge in [0.2, 0.25) is 11.8 Å². The van der Waals surface area contributed by atoms with Gasteiger partial charge >= 0.3 is 0 Å². The van der Waals surface area contributed by atoms with Crippen molar-refractivity contribution in [2.75, 3.05) is 6.54 Å². The molecule has 0 aromatic carbocycles. The summed E-state index contributed by atoms with van der Waals surface area (Å²) in [4.78, 5) is 23.8. The molecule has 4 N–H and O–H groups in total. The van der Waals surface area contributed by atoms with Crippen molar-refractivity contribution in [2.24, 2.45) is 11.5 Å². The molecule has 14 heavy (non-hydrogen) atoms. The average molecular weight is 199 g/mol. The fourth-order valence-electron chi connectivity index (χ4n) is 2.14. The zero-order valence-corrected chi connectivity index (χ0v) is 8.40. The van der Waals surface area contributed by atoms with Gasteiger partial charge < -0.3 is 16.4 Å². The normalized spacial score (nSPS) is 26.6. The smallest absolute Gasteiger partial charge is 0.220 e. The van der Waals surface area contributed by atoms with Crippen LogP contribution in [-0.2, 0) is 9.59 Å². The van der Waals surface area contributed by atoms with Crippen molar-refractivity contribution in [3.63, 3.8) is 0 Å². The standard InChI is InChI=1S/C9H17N3O2/c1-6(13)12-7(4-9(11)14)2-3-8(12)5-10/h7-8H,2-5,10H2,1H3,(H2,11,14)/t7-,8+/m1/s1. The first-order chi connectivity index (χ1) is 6.56. The number of hydrogen-bond acceptors (Lipinski definition) is 3. The molecule has 0 aliphatic carbocycles. The van der Waals surface area contributed by atoms with Crippen LogP contribution in [0, 0.1) is 0 Å². The van der Waals surface area contributed by atoms with E-state index < -0.39 is 0 Å². The molecule has 80 valence electrons. The summed E-state index contributed by atoms with van der Waals surface area (Å²) in [6.45, 7) is 1.96. The van der Waals surface area contributed by atoms with Gasteiger partial charge in [-0.2, -0.15) is 0 Å². The van der Waals surface area contributed by atoms with E-state index >= 15 is 0 Å². The van der Waals surface area contributed by atoms with Crippen LogP contribution in [0.25, 0.3) is 0 Å². The summed E-state index contributed by atoms with van der Waals surface area (Å²) in [6, 6.07) is 0.0374. The van der Waals surface area contributed by atoms with Crippen molar-refractivity contribution in [3.8, 4) is 0 Å². The molecule has 1 fully saturated rings. The maximum atomic E-state index is 11.3. The van der Waals surface area contributed by atoms with Gasteiger partial charge in [-0.1, -0.05) is 0 Å². The summed E-state index contributed by atoms with van der Waals surface area (Å²) in [5.41, 5.74) is 10.7. The molecule has 0 bridgehead atoms. The Bertz CT molecular complexity index is 242. The molecule has 5 nitrogen and oxygen atoms in total. The second-order valence-electron chi connectivity index (χ2n) is 3.72. The predicted octanol–water partition coefficient (Wildman–Crippen LogP) is -0.800. The predicted molar refractivity (Wildman–Crippen MR) is 52.2 cm³/mol. The molecule has 1 heterocycles. The zero-order valence-electron chi connectivity index (χ0n) is 8.40. The highest BCUT2D eigenvalue weighted by molar-refractivity contribution is 5.78. The van der Waals surface area contributed by atoms with Crippen LogP contribution in [0.15, 0.2) is 0 Å². The Morgan fingerprint density at radius 1 is 1.36 bits per heavy atom. The van der Waals surface area contributed by atoms with E-state index in [1.807, 2.05) is 0 Å². The summed E-state index contributed by atoms with van der Waals surface area (Å²) in [5, 5.41) is 0. The second kappa shape index (κ2) is 4.41. The van der Waals surface area contributed by atoms with Crippen molar-refractivity contribution < 1.29 is 9.59 Å². The molecule has 5 heteroatoms. The van der Waals surface area contributed by atoms with E-state index in [1.165, 1.54) is 6.92 Å². The second-order valence-corrected chi connectivity index (χ2v) is 3.72. The van der Waals surface area contributed by atoms with E-state index in [9.17, 15) is 9.59 Å². The van der Waals surface area contributed by atoms with Crippen molar-refractivity contribution in [1.29, 1.82) is 0 Å². The van der Waals surface area contributed by atoms with Gasteiger partial charge in [-0.3, -0.25) is 9.59 Å². The lowest BCUT2D eigenvalue weighted by Crippen LogP contribution is -2.44. The van der Waals surface area contributed by atoms with E-state index in [1.54, 1.807) is 4.90 Å². The fraction of sp³-hybridized carbons (Fsp3) is 0.778. The minimum Gasteiger partial charge on any atom is -0.370 e. The first-order valence-corrected chi connectivity index (χ1v) is 4.83. The van der Waals surface area contributed by atoms with Gasteiger partial charge in [-0.05, 0) is 12.8 Å². The Balaban J connectivity index is 2.67. The van der Waals surface area contributed by atoms with Crippen LogP contribution >= 0.6 is 0 Å². The number of carbonyl (C=O) groups excluding carboxylic acids is 2. The maximum absolute atomic E-state index is 11.3. The molecule has 1 rings (SSSR count). The van der Waals surface area contributed by atoms with Crippen molar-refractivity contribution in [1.82, 2.24) is 4.90 Å². The van der Waals surface area contributed by atoms with E-state index in [0.717, 1.165) is 12.8 Å². The Labute approximate surface area is 83.4 Å². The number of primary amides is 1. The Kier molecular flexibility index (Phi) is 3.46. The molecule has 0 unspecified atom stereocenters. The number of carbonyl (C=O) groups is 2. The van der Waals surface area contributed by atoms with Gasteiger partial charge in [0.15, 0.2) is 0 Å². The van der Waals surface area contributed by atoms with Gasteiger partial charge in [0.1, 0.15) is 0 Å². The largest absolute Gasteiger partial charge is 0.370 e. The number of amides is 2. The first-order valence-electron chi connectivity index (χ1n) is 4.83. The van der Waals surface area contributed by atoms with Crippen LogP contribution in [0.1, 0.15) is 26.2 Å². The summed E-state index contributed by atoms with van der Waals surface area (Å²) in [7, 11) is 0. The fourth-order valence-corrected chi connectivity index (χ4v) is 2.14. The summed E-state index contributed by atoms with van der Waals surface area (Å²) in [5.74, 6) is -0.386. The third-order valence-corrected chi connectivity index (χ3v) is 2.69. The van der Waals surface area contributed by atoms with Crippen LogP contribution in [0.3, 0.4) is 0 Å².